The molecule has 2 N–H and O–H groups in total. The van der Waals surface area contributed by atoms with E-state index in [0.29, 0.717) is 12.3 Å². The number of amides is 1. The Labute approximate surface area is 54.8 Å². The lowest BCUT2D eigenvalue weighted by atomic mass is 10.3. The topological polar surface area (TPSA) is 41.1 Å². The van der Waals surface area contributed by atoms with Crippen LogP contribution in [0.2, 0.25) is 0 Å². The van der Waals surface area contributed by atoms with Crippen molar-refractivity contribution < 1.29 is 4.79 Å². The lowest BCUT2D eigenvalue weighted by molar-refractivity contribution is -0.122. The van der Waals surface area contributed by atoms with E-state index in [0.717, 1.165) is 0 Å². The minimum atomic E-state index is 0.111. The van der Waals surface area contributed by atoms with E-state index >= 15 is 0 Å². The Balaban J connectivity index is 2.02. The van der Waals surface area contributed by atoms with Gasteiger partial charge in [0.25, 0.3) is 0 Å². The van der Waals surface area contributed by atoms with Crippen LogP contribution in [0.15, 0.2) is 0 Å². The molecule has 1 rings (SSSR count). The van der Waals surface area contributed by atoms with Gasteiger partial charge in [0, 0.05) is 13.5 Å². The smallest absolute Gasteiger partial charge is 0.234 e. The van der Waals surface area contributed by atoms with Crippen LogP contribution in [0.25, 0.3) is 0 Å². The first-order chi connectivity index (χ1) is 4.33. The lowest BCUT2D eigenvalue weighted by Crippen LogP contribution is -2.34. The molecule has 0 spiro atoms. The Morgan fingerprint density at radius 2 is 2.33 bits per heavy atom. The summed E-state index contributed by atoms with van der Waals surface area (Å²) in [6.07, 6.45) is 3.16. The largest absolute Gasteiger partial charge is 0.292 e. The molecule has 1 saturated carbocycles. The Hall–Kier alpha value is -0.570. The third-order valence-corrected chi connectivity index (χ3v) is 1.44. The van der Waals surface area contributed by atoms with E-state index in [9.17, 15) is 4.79 Å². The molecule has 0 atom stereocenters. The van der Waals surface area contributed by atoms with E-state index in [-0.39, 0.29) is 5.91 Å². The van der Waals surface area contributed by atoms with Gasteiger partial charge in [-0.1, -0.05) is 0 Å². The molecule has 1 amide bonds. The van der Waals surface area contributed by atoms with Crippen LogP contribution in [-0.2, 0) is 4.79 Å². The van der Waals surface area contributed by atoms with Crippen LogP contribution in [-0.4, -0.2) is 13.0 Å². The maximum atomic E-state index is 10.7. The standard InChI is InChI=1S/C6H12N2O/c1-7-8-6(9)4-5-2-3-5/h5,7H,2-4H2,1H3,(H,8,9). The number of nitrogens with one attached hydrogen (secondary N) is 2. The number of carbonyl (C=O) groups excluding carboxylic acids is 1. The summed E-state index contributed by atoms with van der Waals surface area (Å²) in [5, 5.41) is 0. The molecule has 0 aliphatic heterocycles. The molecule has 0 bridgehead atoms. The van der Waals surface area contributed by atoms with Gasteiger partial charge in [-0.3, -0.25) is 10.2 Å². The fourth-order valence-electron chi connectivity index (χ4n) is 0.775. The Morgan fingerprint density at radius 3 is 2.78 bits per heavy atom. The summed E-state index contributed by atoms with van der Waals surface area (Å²) in [6, 6.07) is 0. The zero-order valence-electron chi connectivity index (χ0n) is 5.61. The molecule has 1 aliphatic rings. The second kappa shape index (κ2) is 2.82. The molecule has 0 aromatic rings. The maximum absolute atomic E-state index is 10.7. The van der Waals surface area contributed by atoms with Gasteiger partial charge >= 0.3 is 0 Å². The highest BCUT2D eigenvalue weighted by atomic mass is 16.2. The molecule has 0 radical (unpaired) electrons. The van der Waals surface area contributed by atoms with E-state index in [4.69, 9.17) is 0 Å². The number of hydrazine groups is 1. The molecule has 0 saturated heterocycles. The highest BCUT2D eigenvalue weighted by Gasteiger charge is 2.23. The van der Waals surface area contributed by atoms with Crippen LogP contribution in [0.3, 0.4) is 0 Å². The zero-order valence-corrected chi connectivity index (χ0v) is 5.61. The molecule has 52 valence electrons. The molecular formula is C6H12N2O. The predicted octanol–water partition coefficient (Wildman–Crippen LogP) is 0.0371. The van der Waals surface area contributed by atoms with Crippen molar-refractivity contribution in [3.05, 3.63) is 0 Å². The zero-order chi connectivity index (χ0) is 6.69. The van der Waals surface area contributed by atoms with E-state index in [1.807, 2.05) is 0 Å². The van der Waals surface area contributed by atoms with Gasteiger partial charge in [-0.15, -0.1) is 0 Å². The van der Waals surface area contributed by atoms with Crippen molar-refractivity contribution in [2.24, 2.45) is 5.92 Å². The van der Waals surface area contributed by atoms with Crippen LogP contribution < -0.4 is 10.9 Å². The van der Waals surface area contributed by atoms with Crippen molar-refractivity contribution in [1.82, 2.24) is 10.9 Å². The fraction of sp³-hybridized carbons (Fsp3) is 0.833. The average molecular weight is 128 g/mol. The van der Waals surface area contributed by atoms with Crippen molar-refractivity contribution in [1.29, 1.82) is 0 Å². The molecule has 3 heteroatoms. The van der Waals surface area contributed by atoms with Gasteiger partial charge in [-0.2, -0.15) is 0 Å². The van der Waals surface area contributed by atoms with Gasteiger partial charge in [-0.05, 0) is 18.8 Å². The van der Waals surface area contributed by atoms with Crippen LogP contribution in [0.5, 0.6) is 0 Å². The summed E-state index contributed by atoms with van der Waals surface area (Å²) >= 11 is 0. The molecule has 3 nitrogen and oxygen atoms in total. The highest BCUT2D eigenvalue weighted by Crippen LogP contribution is 2.31. The molecule has 0 aromatic carbocycles. The summed E-state index contributed by atoms with van der Waals surface area (Å²) in [7, 11) is 1.70. The maximum Gasteiger partial charge on any atom is 0.234 e. The van der Waals surface area contributed by atoms with Crippen LogP contribution in [0.1, 0.15) is 19.3 Å². The normalized spacial score (nSPS) is 17.4. The summed E-state index contributed by atoms with van der Waals surface area (Å²) < 4.78 is 0. The van der Waals surface area contributed by atoms with Crippen LogP contribution >= 0.6 is 0 Å². The summed E-state index contributed by atoms with van der Waals surface area (Å²) in [5.74, 6) is 0.790. The second-order valence-corrected chi connectivity index (χ2v) is 2.45. The van der Waals surface area contributed by atoms with Crippen LogP contribution in [0, 0.1) is 5.92 Å². The Bertz CT molecular complexity index is 110. The average Bonchev–Trinajstić information content (AvgIpc) is 2.50. The molecule has 1 aliphatic carbocycles. The van der Waals surface area contributed by atoms with Gasteiger partial charge in [0.1, 0.15) is 0 Å². The summed E-state index contributed by atoms with van der Waals surface area (Å²) in [4.78, 5) is 10.7. The van der Waals surface area contributed by atoms with Crippen LogP contribution in [0.4, 0.5) is 0 Å². The highest BCUT2D eigenvalue weighted by molar-refractivity contribution is 5.75. The third kappa shape index (κ3) is 2.46. The van der Waals surface area contributed by atoms with Crippen molar-refractivity contribution in [2.45, 2.75) is 19.3 Å². The van der Waals surface area contributed by atoms with E-state index in [1.165, 1.54) is 12.8 Å². The number of rotatable bonds is 3. The lowest BCUT2D eigenvalue weighted by Gasteiger charge is -1.99. The molecule has 9 heavy (non-hydrogen) atoms. The number of carbonyl (C=O) groups is 1. The van der Waals surface area contributed by atoms with Gasteiger partial charge < -0.3 is 0 Å². The second-order valence-electron chi connectivity index (χ2n) is 2.45. The number of hydrogen-bond donors (Lipinski definition) is 2. The first-order valence-corrected chi connectivity index (χ1v) is 3.28. The first-order valence-electron chi connectivity index (χ1n) is 3.28. The quantitative estimate of drug-likeness (QED) is 0.527. The number of hydrogen-bond acceptors (Lipinski definition) is 2. The Kier molecular flexibility index (Phi) is 2.05. The molecule has 0 unspecified atom stereocenters. The monoisotopic (exact) mass is 128 g/mol. The molecule has 0 aromatic heterocycles. The SMILES string of the molecule is CNNC(=O)CC1CC1. The van der Waals surface area contributed by atoms with Gasteiger partial charge in [0.05, 0.1) is 0 Å². The Morgan fingerprint density at radius 1 is 1.67 bits per heavy atom. The van der Waals surface area contributed by atoms with E-state index in [1.54, 1.807) is 7.05 Å². The minimum absolute atomic E-state index is 0.111. The van der Waals surface area contributed by atoms with Crippen molar-refractivity contribution in [3.8, 4) is 0 Å². The molecule has 0 heterocycles. The van der Waals surface area contributed by atoms with E-state index in [2.05, 4.69) is 10.9 Å². The molecule has 1 fully saturated rings. The van der Waals surface area contributed by atoms with E-state index < -0.39 is 0 Å². The third-order valence-electron chi connectivity index (χ3n) is 1.44. The van der Waals surface area contributed by atoms with Crippen molar-refractivity contribution >= 4 is 5.91 Å². The fourth-order valence-corrected chi connectivity index (χ4v) is 0.775. The van der Waals surface area contributed by atoms with Gasteiger partial charge in [0.15, 0.2) is 0 Å². The van der Waals surface area contributed by atoms with Gasteiger partial charge in [-0.25, -0.2) is 5.43 Å². The first kappa shape index (κ1) is 6.55. The van der Waals surface area contributed by atoms with Crippen molar-refractivity contribution in [2.75, 3.05) is 7.05 Å². The minimum Gasteiger partial charge on any atom is -0.292 e. The summed E-state index contributed by atoms with van der Waals surface area (Å²) in [5.41, 5.74) is 5.13. The summed E-state index contributed by atoms with van der Waals surface area (Å²) in [6.45, 7) is 0. The van der Waals surface area contributed by atoms with Crippen molar-refractivity contribution in [3.63, 3.8) is 0 Å². The molecular weight excluding hydrogens is 116 g/mol. The van der Waals surface area contributed by atoms with Gasteiger partial charge in [0.2, 0.25) is 5.91 Å². The predicted molar refractivity (Wildman–Crippen MR) is 34.5 cm³/mol.